The molecule has 26 heavy (non-hydrogen) atoms. The zero-order chi connectivity index (χ0) is 18.7. The summed E-state index contributed by atoms with van der Waals surface area (Å²) < 4.78 is 10.8. The lowest BCUT2D eigenvalue weighted by atomic mass is 10.1. The van der Waals surface area contributed by atoms with Crippen molar-refractivity contribution >= 4 is 23.2 Å². The summed E-state index contributed by atoms with van der Waals surface area (Å²) in [7, 11) is 1.60. The molecule has 0 fully saturated rings. The molecule has 6 nitrogen and oxygen atoms in total. The number of anilines is 2. The van der Waals surface area contributed by atoms with Crippen molar-refractivity contribution in [3.8, 4) is 11.5 Å². The van der Waals surface area contributed by atoms with Gasteiger partial charge < -0.3 is 19.7 Å². The molecule has 6 heteroatoms. The number of amides is 2. The van der Waals surface area contributed by atoms with E-state index in [0.29, 0.717) is 23.7 Å². The SMILES string of the molecule is CCN1C(=O)C(C)Oc2ccc(NC(=O)Cc3ccc(OC)cc3)cc21. The molecule has 1 aliphatic rings. The Kier molecular flexibility index (Phi) is 5.11. The van der Waals surface area contributed by atoms with Crippen LogP contribution in [0.25, 0.3) is 0 Å². The number of ether oxygens (including phenoxy) is 2. The second-order valence-electron chi connectivity index (χ2n) is 6.10. The molecule has 2 aromatic carbocycles. The highest BCUT2D eigenvalue weighted by atomic mass is 16.5. The Morgan fingerprint density at radius 1 is 1.23 bits per heavy atom. The van der Waals surface area contributed by atoms with Crippen LogP contribution in [-0.4, -0.2) is 31.6 Å². The summed E-state index contributed by atoms with van der Waals surface area (Å²) in [6, 6.07) is 12.7. The van der Waals surface area contributed by atoms with E-state index >= 15 is 0 Å². The largest absolute Gasteiger partial charge is 0.497 e. The van der Waals surface area contributed by atoms with E-state index in [9.17, 15) is 9.59 Å². The Morgan fingerprint density at radius 3 is 2.62 bits per heavy atom. The summed E-state index contributed by atoms with van der Waals surface area (Å²) in [6.45, 7) is 4.19. The summed E-state index contributed by atoms with van der Waals surface area (Å²) in [4.78, 5) is 26.2. The highest BCUT2D eigenvalue weighted by molar-refractivity contribution is 6.01. The Morgan fingerprint density at radius 2 is 1.96 bits per heavy atom. The molecule has 0 aliphatic carbocycles. The number of nitrogens with one attached hydrogen (secondary N) is 1. The van der Waals surface area contributed by atoms with Gasteiger partial charge in [-0.3, -0.25) is 9.59 Å². The number of nitrogens with zero attached hydrogens (tertiary/aromatic N) is 1. The molecule has 1 unspecified atom stereocenters. The minimum Gasteiger partial charge on any atom is -0.497 e. The van der Waals surface area contributed by atoms with E-state index in [1.807, 2.05) is 31.2 Å². The van der Waals surface area contributed by atoms with E-state index in [4.69, 9.17) is 9.47 Å². The average molecular weight is 354 g/mol. The Labute approximate surface area is 152 Å². The Balaban J connectivity index is 1.73. The topological polar surface area (TPSA) is 67.9 Å². The lowest BCUT2D eigenvalue weighted by molar-refractivity contribution is -0.125. The van der Waals surface area contributed by atoms with E-state index in [1.54, 1.807) is 37.1 Å². The fourth-order valence-electron chi connectivity index (χ4n) is 2.94. The first-order valence-electron chi connectivity index (χ1n) is 8.56. The molecule has 0 radical (unpaired) electrons. The van der Waals surface area contributed by atoms with Crippen molar-refractivity contribution in [3.63, 3.8) is 0 Å². The minimum absolute atomic E-state index is 0.0818. The minimum atomic E-state index is -0.502. The summed E-state index contributed by atoms with van der Waals surface area (Å²) in [5.41, 5.74) is 2.20. The van der Waals surface area contributed by atoms with Crippen LogP contribution in [0.15, 0.2) is 42.5 Å². The van der Waals surface area contributed by atoms with E-state index in [2.05, 4.69) is 5.32 Å². The van der Waals surface area contributed by atoms with Crippen molar-refractivity contribution < 1.29 is 19.1 Å². The standard InChI is InChI=1S/C20H22N2O4/c1-4-22-17-12-15(7-10-18(17)26-13(2)20(22)24)21-19(23)11-14-5-8-16(25-3)9-6-14/h5-10,12-13H,4,11H2,1-3H3,(H,21,23). The Bertz CT molecular complexity index is 817. The first-order chi connectivity index (χ1) is 12.5. The van der Waals surface area contributed by atoms with Crippen molar-refractivity contribution in [1.82, 2.24) is 0 Å². The number of hydrogen-bond acceptors (Lipinski definition) is 4. The maximum Gasteiger partial charge on any atom is 0.267 e. The summed E-state index contributed by atoms with van der Waals surface area (Å²) in [5, 5.41) is 2.88. The van der Waals surface area contributed by atoms with Gasteiger partial charge >= 0.3 is 0 Å². The first-order valence-corrected chi connectivity index (χ1v) is 8.56. The molecule has 3 rings (SSSR count). The van der Waals surface area contributed by atoms with E-state index in [1.165, 1.54) is 0 Å². The number of fused-ring (bicyclic) bond motifs is 1. The maximum absolute atomic E-state index is 12.3. The lowest BCUT2D eigenvalue weighted by Gasteiger charge is -2.32. The number of methoxy groups -OCH3 is 1. The van der Waals surface area contributed by atoms with Crippen LogP contribution in [0, 0.1) is 0 Å². The molecule has 136 valence electrons. The number of carbonyl (C=O) groups is 2. The van der Waals surface area contributed by atoms with Gasteiger partial charge in [0.15, 0.2) is 6.10 Å². The van der Waals surface area contributed by atoms with Gasteiger partial charge in [-0.05, 0) is 49.7 Å². The molecule has 0 spiro atoms. The van der Waals surface area contributed by atoms with Crippen LogP contribution >= 0.6 is 0 Å². The van der Waals surface area contributed by atoms with Gasteiger partial charge in [0.2, 0.25) is 5.91 Å². The van der Waals surface area contributed by atoms with Crippen LogP contribution in [0.2, 0.25) is 0 Å². The monoisotopic (exact) mass is 354 g/mol. The first kappa shape index (κ1) is 17.8. The smallest absolute Gasteiger partial charge is 0.267 e. The number of carbonyl (C=O) groups excluding carboxylic acids is 2. The van der Waals surface area contributed by atoms with Crippen molar-refractivity contribution in [2.45, 2.75) is 26.4 Å². The van der Waals surface area contributed by atoms with Gasteiger partial charge in [0.1, 0.15) is 11.5 Å². The second-order valence-corrected chi connectivity index (χ2v) is 6.10. The van der Waals surface area contributed by atoms with Gasteiger partial charge in [-0.25, -0.2) is 0 Å². The molecule has 0 bridgehead atoms. The van der Waals surface area contributed by atoms with E-state index in [-0.39, 0.29) is 18.2 Å². The molecule has 0 aromatic heterocycles. The molecular weight excluding hydrogens is 332 g/mol. The molecule has 1 atom stereocenters. The number of rotatable bonds is 5. The summed E-state index contributed by atoms with van der Waals surface area (Å²) >= 11 is 0. The zero-order valence-electron chi connectivity index (χ0n) is 15.1. The maximum atomic E-state index is 12.3. The fourth-order valence-corrected chi connectivity index (χ4v) is 2.94. The molecular formula is C20H22N2O4. The van der Waals surface area contributed by atoms with Gasteiger partial charge in [0, 0.05) is 12.2 Å². The predicted octanol–water partition coefficient (Wildman–Crippen LogP) is 3.01. The highest BCUT2D eigenvalue weighted by Crippen LogP contribution is 2.36. The van der Waals surface area contributed by atoms with Gasteiger partial charge in [-0.1, -0.05) is 12.1 Å². The highest BCUT2D eigenvalue weighted by Gasteiger charge is 2.30. The quantitative estimate of drug-likeness (QED) is 0.896. The number of benzene rings is 2. The van der Waals surface area contributed by atoms with Crippen LogP contribution in [-0.2, 0) is 16.0 Å². The van der Waals surface area contributed by atoms with Crippen LogP contribution < -0.4 is 19.7 Å². The van der Waals surface area contributed by atoms with Gasteiger partial charge in [-0.15, -0.1) is 0 Å². The number of likely N-dealkylation sites (N-methyl/N-ethyl adjacent to an activating group) is 1. The van der Waals surface area contributed by atoms with Crippen molar-refractivity contribution in [2.75, 3.05) is 23.9 Å². The van der Waals surface area contributed by atoms with Gasteiger partial charge in [0.25, 0.3) is 5.91 Å². The average Bonchev–Trinajstić information content (AvgIpc) is 2.64. The van der Waals surface area contributed by atoms with E-state index < -0.39 is 6.10 Å². The van der Waals surface area contributed by atoms with Crippen molar-refractivity contribution in [3.05, 3.63) is 48.0 Å². The number of hydrogen-bond donors (Lipinski definition) is 1. The summed E-state index contributed by atoms with van der Waals surface area (Å²) in [6.07, 6.45) is -0.247. The molecule has 1 N–H and O–H groups in total. The van der Waals surface area contributed by atoms with Crippen molar-refractivity contribution in [2.24, 2.45) is 0 Å². The van der Waals surface area contributed by atoms with Crippen LogP contribution in [0.3, 0.4) is 0 Å². The normalized spacial score (nSPS) is 15.9. The third-order valence-corrected chi connectivity index (χ3v) is 4.29. The third-order valence-electron chi connectivity index (χ3n) is 4.29. The van der Waals surface area contributed by atoms with Crippen molar-refractivity contribution in [1.29, 1.82) is 0 Å². The summed E-state index contributed by atoms with van der Waals surface area (Å²) in [5.74, 6) is 1.19. The predicted molar refractivity (Wildman–Crippen MR) is 99.9 cm³/mol. The second kappa shape index (κ2) is 7.47. The van der Waals surface area contributed by atoms with Gasteiger partial charge in [-0.2, -0.15) is 0 Å². The Hall–Kier alpha value is -3.02. The molecule has 2 aromatic rings. The molecule has 1 aliphatic heterocycles. The van der Waals surface area contributed by atoms with Gasteiger partial charge in [0.05, 0.1) is 19.2 Å². The lowest BCUT2D eigenvalue weighted by Crippen LogP contribution is -2.44. The van der Waals surface area contributed by atoms with Crippen LogP contribution in [0.4, 0.5) is 11.4 Å². The zero-order valence-corrected chi connectivity index (χ0v) is 15.1. The van der Waals surface area contributed by atoms with Crippen LogP contribution in [0.5, 0.6) is 11.5 Å². The fraction of sp³-hybridized carbons (Fsp3) is 0.300. The molecule has 0 saturated heterocycles. The van der Waals surface area contributed by atoms with E-state index in [0.717, 1.165) is 11.3 Å². The molecule has 1 heterocycles. The third kappa shape index (κ3) is 3.64. The van der Waals surface area contributed by atoms with Crippen LogP contribution in [0.1, 0.15) is 19.4 Å². The molecule has 0 saturated carbocycles. The molecule has 2 amide bonds.